The normalized spacial score (nSPS) is 20.3. The summed E-state index contributed by atoms with van der Waals surface area (Å²) in [6, 6.07) is 0.621. The van der Waals surface area contributed by atoms with Gasteiger partial charge in [0.2, 0.25) is 11.8 Å². The molecule has 0 spiro atoms. The first-order valence-electron chi connectivity index (χ1n) is 8.28. The van der Waals surface area contributed by atoms with Gasteiger partial charge in [-0.15, -0.1) is 0 Å². The second-order valence-corrected chi connectivity index (χ2v) is 6.94. The average Bonchev–Trinajstić information content (AvgIpc) is 3.27. The quantitative estimate of drug-likeness (QED) is 0.768. The third-order valence-corrected chi connectivity index (χ3v) is 4.65. The van der Waals surface area contributed by atoms with Gasteiger partial charge >= 0.3 is 0 Å². The van der Waals surface area contributed by atoms with Crippen LogP contribution in [-0.2, 0) is 9.59 Å². The van der Waals surface area contributed by atoms with E-state index >= 15 is 0 Å². The molecule has 0 atom stereocenters. The second kappa shape index (κ2) is 7.25. The van der Waals surface area contributed by atoms with E-state index in [0.29, 0.717) is 31.6 Å². The number of hydrogen-bond acceptors (Lipinski definition) is 3. The summed E-state index contributed by atoms with van der Waals surface area (Å²) < 4.78 is 0. The van der Waals surface area contributed by atoms with Crippen molar-refractivity contribution in [2.24, 2.45) is 17.6 Å². The fourth-order valence-electron chi connectivity index (χ4n) is 2.94. The van der Waals surface area contributed by atoms with Crippen molar-refractivity contribution in [2.45, 2.75) is 52.0 Å². The minimum absolute atomic E-state index is 0.0467. The summed E-state index contributed by atoms with van der Waals surface area (Å²) in [5, 5.41) is 0. The van der Waals surface area contributed by atoms with Crippen molar-refractivity contribution in [1.29, 1.82) is 0 Å². The van der Waals surface area contributed by atoms with Crippen LogP contribution in [0.15, 0.2) is 0 Å². The average molecular weight is 295 g/mol. The molecule has 1 saturated heterocycles. The number of piperidine rings is 1. The number of likely N-dealkylation sites (tertiary alicyclic amines) is 1. The van der Waals surface area contributed by atoms with Crippen LogP contribution in [0.4, 0.5) is 0 Å². The Labute approximate surface area is 127 Å². The van der Waals surface area contributed by atoms with Crippen LogP contribution in [0.5, 0.6) is 0 Å². The number of rotatable bonds is 7. The first-order chi connectivity index (χ1) is 9.97. The van der Waals surface area contributed by atoms with Gasteiger partial charge in [-0.1, -0.05) is 13.8 Å². The van der Waals surface area contributed by atoms with E-state index < -0.39 is 0 Å². The molecule has 1 aliphatic heterocycles. The number of amides is 2. The van der Waals surface area contributed by atoms with Gasteiger partial charge < -0.3 is 10.6 Å². The lowest BCUT2D eigenvalue weighted by Gasteiger charge is -2.32. The Morgan fingerprint density at radius 1 is 1.19 bits per heavy atom. The van der Waals surface area contributed by atoms with Crippen molar-refractivity contribution >= 4 is 11.8 Å². The molecule has 21 heavy (non-hydrogen) atoms. The van der Waals surface area contributed by atoms with Gasteiger partial charge in [-0.3, -0.25) is 14.5 Å². The maximum atomic E-state index is 12.4. The summed E-state index contributed by atoms with van der Waals surface area (Å²) in [4.78, 5) is 27.9. The minimum atomic E-state index is -0.223. The first kappa shape index (κ1) is 16.3. The van der Waals surface area contributed by atoms with Gasteiger partial charge in [0.05, 0.1) is 6.54 Å². The number of hydrogen-bond donors (Lipinski definition) is 1. The molecule has 2 rings (SSSR count). The Bertz CT molecular complexity index is 372. The van der Waals surface area contributed by atoms with E-state index in [9.17, 15) is 9.59 Å². The Balaban J connectivity index is 1.78. The van der Waals surface area contributed by atoms with Crippen LogP contribution in [-0.4, -0.2) is 53.8 Å². The van der Waals surface area contributed by atoms with E-state index in [1.807, 2.05) is 4.90 Å². The van der Waals surface area contributed by atoms with E-state index in [0.717, 1.165) is 25.8 Å². The molecule has 0 aromatic heterocycles. The Morgan fingerprint density at radius 2 is 1.81 bits per heavy atom. The summed E-state index contributed by atoms with van der Waals surface area (Å²) in [6.07, 6.45) is 5.05. The molecular formula is C16H29N3O2. The number of nitrogens with two attached hydrogens (primary N) is 1. The fourth-order valence-corrected chi connectivity index (χ4v) is 2.94. The van der Waals surface area contributed by atoms with Crippen molar-refractivity contribution < 1.29 is 9.59 Å². The maximum absolute atomic E-state index is 12.4. The SMILES string of the molecule is CC(C)CCN(CC(=O)N1CCC(C(N)=O)CC1)C1CC1. The standard InChI is InChI=1S/C16H29N3O2/c1-12(2)5-8-19(14-3-4-14)11-15(20)18-9-6-13(7-10-18)16(17)21/h12-14H,3-11H2,1-2H3,(H2,17,21). The predicted molar refractivity (Wildman–Crippen MR) is 82.5 cm³/mol. The zero-order valence-corrected chi connectivity index (χ0v) is 13.4. The van der Waals surface area contributed by atoms with Gasteiger partial charge in [-0.25, -0.2) is 0 Å². The van der Waals surface area contributed by atoms with Gasteiger partial charge in [0, 0.05) is 25.0 Å². The highest BCUT2D eigenvalue weighted by Gasteiger charge is 2.32. The van der Waals surface area contributed by atoms with Gasteiger partial charge in [-0.2, -0.15) is 0 Å². The Kier molecular flexibility index (Phi) is 5.62. The molecule has 5 nitrogen and oxygen atoms in total. The van der Waals surface area contributed by atoms with Crippen LogP contribution < -0.4 is 5.73 Å². The highest BCUT2D eigenvalue weighted by atomic mass is 16.2. The topological polar surface area (TPSA) is 66.6 Å². The molecule has 120 valence electrons. The van der Waals surface area contributed by atoms with Gasteiger partial charge in [0.15, 0.2) is 0 Å². The van der Waals surface area contributed by atoms with Crippen molar-refractivity contribution in [1.82, 2.24) is 9.80 Å². The van der Waals surface area contributed by atoms with Crippen LogP contribution >= 0.6 is 0 Å². The number of primary amides is 1. The summed E-state index contributed by atoms with van der Waals surface area (Å²) in [5.41, 5.74) is 5.33. The van der Waals surface area contributed by atoms with Crippen LogP contribution in [0.2, 0.25) is 0 Å². The van der Waals surface area contributed by atoms with Crippen LogP contribution in [0, 0.1) is 11.8 Å². The molecule has 2 fully saturated rings. The number of carbonyl (C=O) groups excluding carboxylic acids is 2. The molecular weight excluding hydrogens is 266 g/mol. The van der Waals surface area contributed by atoms with E-state index in [2.05, 4.69) is 18.7 Å². The highest BCUT2D eigenvalue weighted by Crippen LogP contribution is 2.27. The molecule has 1 heterocycles. The molecule has 0 unspecified atom stereocenters. The minimum Gasteiger partial charge on any atom is -0.369 e. The molecule has 0 radical (unpaired) electrons. The molecule has 0 aromatic rings. The zero-order valence-electron chi connectivity index (χ0n) is 13.4. The van der Waals surface area contributed by atoms with Crippen LogP contribution in [0.3, 0.4) is 0 Å². The molecule has 1 saturated carbocycles. The van der Waals surface area contributed by atoms with E-state index in [1.165, 1.54) is 12.8 Å². The van der Waals surface area contributed by atoms with Crippen LogP contribution in [0.25, 0.3) is 0 Å². The summed E-state index contributed by atoms with van der Waals surface area (Å²) in [7, 11) is 0. The highest BCUT2D eigenvalue weighted by molar-refractivity contribution is 5.80. The Morgan fingerprint density at radius 3 is 2.29 bits per heavy atom. The fraction of sp³-hybridized carbons (Fsp3) is 0.875. The molecule has 0 aromatic carbocycles. The molecule has 2 aliphatic rings. The monoisotopic (exact) mass is 295 g/mol. The number of nitrogens with zero attached hydrogens (tertiary/aromatic N) is 2. The third kappa shape index (κ3) is 4.99. The van der Waals surface area contributed by atoms with Gasteiger partial charge in [0.1, 0.15) is 0 Å². The molecule has 2 amide bonds. The third-order valence-electron chi connectivity index (χ3n) is 4.65. The summed E-state index contributed by atoms with van der Waals surface area (Å²) >= 11 is 0. The second-order valence-electron chi connectivity index (χ2n) is 6.94. The Hall–Kier alpha value is -1.10. The molecule has 1 aliphatic carbocycles. The van der Waals surface area contributed by atoms with Crippen molar-refractivity contribution in [3.63, 3.8) is 0 Å². The van der Waals surface area contributed by atoms with Gasteiger partial charge in [0.25, 0.3) is 0 Å². The maximum Gasteiger partial charge on any atom is 0.236 e. The van der Waals surface area contributed by atoms with Crippen molar-refractivity contribution in [3.05, 3.63) is 0 Å². The first-order valence-corrected chi connectivity index (χ1v) is 8.28. The zero-order chi connectivity index (χ0) is 15.4. The van der Waals surface area contributed by atoms with Crippen molar-refractivity contribution in [3.8, 4) is 0 Å². The predicted octanol–water partition coefficient (Wildman–Crippen LogP) is 1.22. The lowest BCUT2D eigenvalue weighted by atomic mass is 9.96. The largest absolute Gasteiger partial charge is 0.369 e. The van der Waals surface area contributed by atoms with Gasteiger partial charge in [-0.05, 0) is 44.6 Å². The van der Waals surface area contributed by atoms with E-state index in [1.54, 1.807) is 0 Å². The van der Waals surface area contributed by atoms with E-state index in [4.69, 9.17) is 5.73 Å². The molecule has 2 N–H and O–H groups in total. The lowest BCUT2D eigenvalue weighted by Crippen LogP contribution is -2.46. The smallest absolute Gasteiger partial charge is 0.236 e. The molecule has 0 bridgehead atoms. The molecule has 5 heteroatoms. The van der Waals surface area contributed by atoms with Crippen LogP contribution in [0.1, 0.15) is 46.0 Å². The van der Waals surface area contributed by atoms with E-state index in [-0.39, 0.29) is 17.7 Å². The number of carbonyl (C=O) groups is 2. The van der Waals surface area contributed by atoms with Crippen molar-refractivity contribution in [2.75, 3.05) is 26.2 Å². The summed E-state index contributed by atoms with van der Waals surface area (Å²) in [5.74, 6) is 0.620. The summed E-state index contributed by atoms with van der Waals surface area (Å²) in [6.45, 7) is 7.36. The lowest BCUT2D eigenvalue weighted by molar-refractivity contribution is -0.136.